The number of aromatic nitrogens is 2. The quantitative estimate of drug-likeness (QED) is 0.690. The van der Waals surface area contributed by atoms with Crippen LogP contribution in [0.5, 0.6) is 0 Å². The van der Waals surface area contributed by atoms with Crippen molar-refractivity contribution in [3.8, 4) is 0 Å². The lowest BCUT2D eigenvalue weighted by Gasteiger charge is -2.21. The smallest absolute Gasteiger partial charge is 0.123 e. The van der Waals surface area contributed by atoms with E-state index in [1.807, 2.05) is 30.1 Å². The highest BCUT2D eigenvalue weighted by Crippen LogP contribution is 2.12. The van der Waals surface area contributed by atoms with Gasteiger partial charge in [-0.15, -0.1) is 0 Å². The lowest BCUT2D eigenvalue weighted by molar-refractivity contribution is 0.251. The Labute approximate surface area is 126 Å². The molecule has 0 N–H and O–H groups in total. The van der Waals surface area contributed by atoms with Crippen molar-refractivity contribution in [1.29, 1.82) is 0 Å². The summed E-state index contributed by atoms with van der Waals surface area (Å²) < 4.78 is 14.8. The molecular weight excluding hydrogens is 265 g/mol. The van der Waals surface area contributed by atoms with E-state index in [9.17, 15) is 4.39 Å². The maximum atomic E-state index is 13.0. The highest BCUT2D eigenvalue weighted by molar-refractivity contribution is 5.16. The van der Waals surface area contributed by atoms with E-state index < -0.39 is 0 Å². The molecule has 0 saturated heterocycles. The summed E-state index contributed by atoms with van der Waals surface area (Å²) in [5, 5.41) is 4.23. The van der Waals surface area contributed by atoms with Crippen molar-refractivity contribution in [2.24, 2.45) is 7.05 Å². The van der Waals surface area contributed by atoms with E-state index in [0.29, 0.717) is 0 Å². The molecule has 1 aromatic carbocycles. The maximum Gasteiger partial charge on any atom is 0.123 e. The fourth-order valence-electron chi connectivity index (χ4n) is 2.46. The molecule has 0 aliphatic heterocycles. The summed E-state index contributed by atoms with van der Waals surface area (Å²) in [4.78, 5) is 2.40. The Hall–Kier alpha value is -1.68. The standard InChI is InChI=1S/C17H24FN3/c1-3-4-5-10-21(14-16-11-19-20(2)12-16)13-15-6-8-17(18)9-7-15/h6-9,11-12H,3-5,10,13-14H2,1-2H3. The molecule has 21 heavy (non-hydrogen) atoms. The second-order valence-electron chi connectivity index (χ2n) is 5.57. The normalized spacial score (nSPS) is 11.2. The molecule has 1 heterocycles. The van der Waals surface area contributed by atoms with Gasteiger partial charge in [-0.3, -0.25) is 9.58 Å². The van der Waals surface area contributed by atoms with Crippen LogP contribution in [-0.2, 0) is 20.1 Å². The summed E-state index contributed by atoms with van der Waals surface area (Å²) in [5.41, 5.74) is 2.37. The lowest BCUT2D eigenvalue weighted by atomic mass is 10.1. The van der Waals surface area contributed by atoms with Crippen LogP contribution in [0, 0.1) is 5.82 Å². The molecule has 3 nitrogen and oxygen atoms in total. The van der Waals surface area contributed by atoms with Crippen LogP contribution in [0.25, 0.3) is 0 Å². The molecule has 0 unspecified atom stereocenters. The van der Waals surface area contributed by atoms with Gasteiger partial charge in [0.05, 0.1) is 6.20 Å². The van der Waals surface area contributed by atoms with E-state index in [1.54, 1.807) is 0 Å². The molecule has 0 spiro atoms. The summed E-state index contributed by atoms with van der Waals surface area (Å²) in [6.07, 6.45) is 7.62. The summed E-state index contributed by atoms with van der Waals surface area (Å²) in [6, 6.07) is 6.80. The van der Waals surface area contributed by atoms with Gasteiger partial charge in [0.1, 0.15) is 5.82 Å². The van der Waals surface area contributed by atoms with Crippen molar-refractivity contribution in [2.45, 2.75) is 39.3 Å². The Morgan fingerprint density at radius 1 is 1.10 bits per heavy atom. The number of benzene rings is 1. The number of aryl methyl sites for hydroxylation is 1. The molecule has 0 aliphatic rings. The fraction of sp³-hybridized carbons (Fsp3) is 0.471. The Kier molecular flexibility index (Phi) is 5.93. The summed E-state index contributed by atoms with van der Waals surface area (Å²) in [6.45, 7) is 5.00. The summed E-state index contributed by atoms with van der Waals surface area (Å²) in [7, 11) is 1.94. The van der Waals surface area contributed by atoms with Gasteiger partial charge in [0, 0.05) is 31.9 Å². The van der Waals surface area contributed by atoms with Gasteiger partial charge in [0.15, 0.2) is 0 Å². The van der Waals surface area contributed by atoms with Gasteiger partial charge < -0.3 is 0 Å². The Balaban J connectivity index is 1.98. The third-order valence-electron chi connectivity index (χ3n) is 3.56. The molecule has 0 saturated carbocycles. The van der Waals surface area contributed by atoms with Gasteiger partial charge in [-0.05, 0) is 30.7 Å². The molecule has 4 heteroatoms. The minimum atomic E-state index is -0.177. The zero-order valence-electron chi connectivity index (χ0n) is 12.9. The molecule has 114 valence electrons. The number of hydrogen-bond donors (Lipinski definition) is 0. The lowest BCUT2D eigenvalue weighted by Crippen LogP contribution is -2.24. The van der Waals surface area contributed by atoms with Gasteiger partial charge >= 0.3 is 0 Å². The van der Waals surface area contributed by atoms with Crippen molar-refractivity contribution in [1.82, 2.24) is 14.7 Å². The highest BCUT2D eigenvalue weighted by atomic mass is 19.1. The minimum absolute atomic E-state index is 0.177. The van der Waals surface area contributed by atoms with Crippen molar-refractivity contribution < 1.29 is 4.39 Å². The van der Waals surface area contributed by atoms with Crippen LogP contribution in [0.2, 0.25) is 0 Å². The first kappa shape index (κ1) is 15.7. The molecule has 0 radical (unpaired) electrons. The van der Waals surface area contributed by atoms with Crippen molar-refractivity contribution >= 4 is 0 Å². The Morgan fingerprint density at radius 3 is 2.43 bits per heavy atom. The second kappa shape index (κ2) is 7.93. The molecule has 0 fully saturated rings. The fourth-order valence-corrected chi connectivity index (χ4v) is 2.46. The average molecular weight is 289 g/mol. The number of rotatable bonds is 8. The first-order valence-electron chi connectivity index (χ1n) is 7.61. The van der Waals surface area contributed by atoms with Crippen molar-refractivity contribution in [2.75, 3.05) is 6.54 Å². The Bertz CT molecular complexity index is 533. The van der Waals surface area contributed by atoms with E-state index in [2.05, 4.69) is 23.1 Å². The van der Waals surface area contributed by atoms with Crippen LogP contribution >= 0.6 is 0 Å². The van der Waals surface area contributed by atoms with Gasteiger partial charge in [-0.1, -0.05) is 31.9 Å². The molecular formula is C17H24FN3. The third-order valence-corrected chi connectivity index (χ3v) is 3.56. The average Bonchev–Trinajstić information content (AvgIpc) is 2.87. The predicted molar refractivity (Wildman–Crippen MR) is 83.2 cm³/mol. The number of unbranched alkanes of at least 4 members (excludes halogenated alkanes) is 2. The molecule has 2 rings (SSSR count). The van der Waals surface area contributed by atoms with Gasteiger partial charge in [-0.25, -0.2) is 4.39 Å². The summed E-state index contributed by atoms with van der Waals surface area (Å²) in [5.74, 6) is -0.177. The first-order chi connectivity index (χ1) is 10.2. The molecule has 0 aliphatic carbocycles. The molecule has 2 aromatic rings. The van der Waals surface area contributed by atoms with E-state index in [1.165, 1.54) is 37.0 Å². The maximum absolute atomic E-state index is 13.0. The topological polar surface area (TPSA) is 21.1 Å². The van der Waals surface area contributed by atoms with Crippen LogP contribution in [-0.4, -0.2) is 21.2 Å². The predicted octanol–water partition coefficient (Wildman–Crippen LogP) is 3.75. The minimum Gasteiger partial charge on any atom is -0.295 e. The molecule has 0 amide bonds. The van der Waals surface area contributed by atoms with Crippen LogP contribution in [0.3, 0.4) is 0 Å². The third kappa shape index (κ3) is 5.31. The largest absolute Gasteiger partial charge is 0.295 e. The molecule has 0 bridgehead atoms. The van der Waals surface area contributed by atoms with Gasteiger partial charge in [-0.2, -0.15) is 5.10 Å². The van der Waals surface area contributed by atoms with Crippen molar-refractivity contribution in [3.05, 3.63) is 53.6 Å². The van der Waals surface area contributed by atoms with Crippen LogP contribution < -0.4 is 0 Å². The van der Waals surface area contributed by atoms with E-state index >= 15 is 0 Å². The van der Waals surface area contributed by atoms with E-state index in [-0.39, 0.29) is 5.82 Å². The monoisotopic (exact) mass is 289 g/mol. The van der Waals surface area contributed by atoms with E-state index in [0.717, 1.165) is 25.2 Å². The highest BCUT2D eigenvalue weighted by Gasteiger charge is 2.08. The van der Waals surface area contributed by atoms with Gasteiger partial charge in [0.2, 0.25) is 0 Å². The Morgan fingerprint density at radius 2 is 1.81 bits per heavy atom. The molecule has 0 atom stereocenters. The first-order valence-corrected chi connectivity index (χ1v) is 7.61. The zero-order chi connectivity index (χ0) is 15.1. The number of nitrogens with zero attached hydrogens (tertiary/aromatic N) is 3. The zero-order valence-corrected chi connectivity index (χ0v) is 12.9. The number of hydrogen-bond acceptors (Lipinski definition) is 2. The second-order valence-corrected chi connectivity index (χ2v) is 5.57. The SMILES string of the molecule is CCCCCN(Cc1ccc(F)cc1)Cc1cnn(C)c1. The summed E-state index contributed by atoms with van der Waals surface area (Å²) >= 11 is 0. The van der Waals surface area contributed by atoms with Crippen LogP contribution in [0.15, 0.2) is 36.7 Å². The van der Waals surface area contributed by atoms with Crippen LogP contribution in [0.1, 0.15) is 37.3 Å². The van der Waals surface area contributed by atoms with E-state index in [4.69, 9.17) is 0 Å². The number of halogens is 1. The van der Waals surface area contributed by atoms with Crippen LogP contribution in [0.4, 0.5) is 4.39 Å². The van der Waals surface area contributed by atoms with Gasteiger partial charge in [0.25, 0.3) is 0 Å². The molecule has 1 aromatic heterocycles. The van der Waals surface area contributed by atoms with Crippen molar-refractivity contribution in [3.63, 3.8) is 0 Å².